The van der Waals surface area contributed by atoms with Gasteiger partial charge in [0, 0.05) is 16.6 Å². The maximum atomic E-state index is 11.5. The van der Waals surface area contributed by atoms with Gasteiger partial charge in [0.1, 0.15) is 0 Å². The van der Waals surface area contributed by atoms with Crippen LogP contribution in [-0.4, -0.2) is 16.1 Å². The third-order valence-corrected chi connectivity index (χ3v) is 3.38. The van der Waals surface area contributed by atoms with Crippen LogP contribution in [0.5, 0.6) is 0 Å². The van der Waals surface area contributed by atoms with Gasteiger partial charge in [0.2, 0.25) is 0 Å². The van der Waals surface area contributed by atoms with E-state index >= 15 is 0 Å². The summed E-state index contributed by atoms with van der Waals surface area (Å²) in [7, 11) is 0. The van der Waals surface area contributed by atoms with Crippen molar-refractivity contribution in [3.8, 4) is 11.3 Å². The predicted octanol–water partition coefficient (Wildman–Crippen LogP) is 3.49. The Morgan fingerprint density at radius 3 is 2.67 bits per heavy atom. The summed E-state index contributed by atoms with van der Waals surface area (Å²) in [4.78, 5) is 16.1. The summed E-state index contributed by atoms with van der Waals surface area (Å²) in [6, 6.07) is 14.5. The molecule has 0 fully saturated rings. The van der Waals surface area contributed by atoms with Crippen molar-refractivity contribution in [3.63, 3.8) is 0 Å². The maximum Gasteiger partial charge on any atom is 0.336 e. The van der Waals surface area contributed by atoms with Crippen LogP contribution in [-0.2, 0) is 0 Å². The zero-order valence-corrected chi connectivity index (χ0v) is 11.5. The van der Waals surface area contributed by atoms with Crippen molar-refractivity contribution in [2.45, 2.75) is 6.92 Å². The van der Waals surface area contributed by atoms with Crippen molar-refractivity contribution in [3.05, 3.63) is 59.7 Å². The van der Waals surface area contributed by atoms with E-state index in [1.807, 2.05) is 37.3 Å². The molecule has 0 atom stereocenters. The van der Waals surface area contributed by atoms with Crippen LogP contribution in [0.3, 0.4) is 0 Å². The number of carboxylic acid groups (broad SMARTS) is 1. The Balaban J connectivity index is 2.31. The number of fused-ring (bicyclic) bond motifs is 1. The average molecular weight is 278 g/mol. The number of rotatable bonds is 2. The maximum absolute atomic E-state index is 11.5. The topological polar surface area (TPSA) is 76.2 Å². The van der Waals surface area contributed by atoms with Crippen molar-refractivity contribution in [2.75, 3.05) is 5.73 Å². The highest BCUT2D eigenvalue weighted by molar-refractivity contribution is 6.04. The summed E-state index contributed by atoms with van der Waals surface area (Å²) in [5.41, 5.74) is 9.73. The fourth-order valence-corrected chi connectivity index (χ4v) is 2.36. The Labute approximate surface area is 121 Å². The molecule has 0 saturated carbocycles. The van der Waals surface area contributed by atoms with Gasteiger partial charge in [0.05, 0.1) is 16.8 Å². The molecule has 0 spiro atoms. The number of hydrogen-bond acceptors (Lipinski definition) is 3. The van der Waals surface area contributed by atoms with E-state index in [9.17, 15) is 9.90 Å². The molecule has 3 aromatic rings. The number of pyridine rings is 1. The van der Waals surface area contributed by atoms with Crippen LogP contribution >= 0.6 is 0 Å². The van der Waals surface area contributed by atoms with Gasteiger partial charge in [-0.25, -0.2) is 9.78 Å². The lowest BCUT2D eigenvalue weighted by atomic mass is 10.0. The van der Waals surface area contributed by atoms with Crippen molar-refractivity contribution in [2.24, 2.45) is 0 Å². The smallest absolute Gasteiger partial charge is 0.336 e. The van der Waals surface area contributed by atoms with E-state index < -0.39 is 5.97 Å². The van der Waals surface area contributed by atoms with Crippen molar-refractivity contribution < 1.29 is 9.90 Å². The second-order valence-electron chi connectivity index (χ2n) is 5.01. The summed E-state index contributed by atoms with van der Waals surface area (Å²) in [6.45, 7) is 1.93. The molecule has 3 N–H and O–H groups in total. The highest BCUT2D eigenvalue weighted by atomic mass is 16.4. The fraction of sp³-hybridized carbons (Fsp3) is 0.0588. The van der Waals surface area contributed by atoms with Crippen LogP contribution in [0.25, 0.3) is 22.2 Å². The molecule has 0 aliphatic carbocycles. The summed E-state index contributed by atoms with van der Waals surface area (Å²) in [5.74, 6) is -0.960. The quantitative estimate of drug-likeness (QED) is 0.703. The number of nitrogens with zero attached hydrogens (tertiary/aromatic N) is 1. The highest BCUT2D eigenvalue weighted by Crippen LogP contribution is 2.26. The van der Waals surface area contributed by atoms with Gasteiger partial charge in [-0.15, -0.1) is 0 Å². The van der Waals surface area contributed by atoms with E-state index in [-0.39, 0.29) is 5.56 Å². The number of hydrogen-bond donors (Lipinski definition) is 2. The average Bonchev–Trinajstić information content (AvgIpc) is 2.46. The van der Waals surface area contributed by atoms with Gasteiger partial charge in [-0.3, -0.25) is 0 Å². The molecule has 4 nitrogen and oxygen atoms in total. The van der Waals surface area contributed by atoms with Gasteiger partial charge in [0.25, 0.3) is 0 Å². The van der Waals surface area contributed by atoms with Gasteiger partial charge >= 0.3 is 5.97 Å². The second-order valence-corrected chi connectivity index (χ2v) is 5.01. The van der Waals surface area contributed by atoms with Crippen LogP contribution < -0.4 is 5.73 Å². The lowest BCUT2D eigenvalue weighted by Crippen LogP contribution is -2.00. The normalized spacial score (nSPS) is 10.7. The van der Waals surface area contributed by atoms with Crippen LogP contribution in [0.4, 0.5) is 5.69 Å². The number of nitrogens with two attached hydrogens (primary N) is 1. The molecule has 0 bridgehead atoms. The number of aromatic nitrogens is 1. The predicted molar refractivity (Wildman–Crippen MR) is 83.3 cm³/mol. The lowest BCUT2D eigenvalue weighted by Gasteiger charge is -2.08. The molecule has 0 unspecified atom stereocenters. The van der Waals surface area contributed by atoms with E-state index in [2.05, 4.69) is 4.98 Å². The Morgan fingerprint density at radius 2 is 1.95 bits per heavy atom. The SMILES string of the molecule is Cc1ccc2nc(-c3cccc(N)c3)cc(C(=O)O)c2c1. The first-order valence-electron chi connectivity index (χ1n) is 6.55. The van der Waals surface area contributed by atoms with Crippen LogP contribution in [0, 0.1) is 6.92 Å². The number of carboxylic acids is 1. The number of nitrogen functional groups attached to an aromatic ring is 1. The molecule has 0 aliphatic rings. The second kappa shape index (κ2) is 4.90. The van der Waals surface area contributed by atoms with Gasteiger partial charge in [-0.1, -0.05) is 23.8 Å². The van der Waals surface area contributed by atoms with Crippen molar-refractivity contribution >= 4 is 22.6 Å². The molecule has 0 amide bonds. The van der Waals surface area contributed by atoms with E-state index in [1.165, 1.54) is 0 Å². The fourth-order valence-electron chi connectivity index (χ4n) is 2.36. The van der Waals surface area contributed by atoms with Gasteiger partial charge in [0.15, 0.2) is 0 Å². The summed E-state index contributed by atoms with van der Waals surface area (Å²) in [5, 5.41) is 10.1. The molecule has 1 aromatic heterocycles. The van der Waals surface area contributed by atoms with E-state index in [0.29, 0.717) is 22.3 Å². The number of aryl methyl sites for hydroxylation is 1. The Hall–Kier alpha value is -2.88. The number of aromatic carboxylic acids is 1. The highest BCUT2D eigenvalue weighted by Gasteiger charge is 2.13. The van der Waals surface area contributed by atoms with E-state index in [4.69, 9.17) is 5.73 Å². The minimum Gasteiger partial charge on any atom is -0.478 e. The van der Waals surface area contributed by atoms with E-state index in [1.54, 1.807) is 18.2 Å². The van der Waals surface area contributed by atoms with Crippen LogP contribution in [0.2, 0.25) is 0 Å². The van der Waals surface area contributed by atoms with Crippen LogP contribution in [0.1, 0.15) is 15.9 Å². The molecule has 0 radical (unpaired) electrons. The zero-order valence-electron chi connectivity index (χ0n) is 11.5. The van der Waals surface area contributed by atoms with Gasteiger partial charge in [-0.05, 0) is 37.3 Å². The van der Waals surface area contributed by atoms with Crippen molar-refractivity contribution in [1.82, 2.24) is 4.98 Å². The summed E-state index contributed by atoms with van der Waals surface area (Å²) < 4.78 is 0. The Morgan fingerprint density at radius 1 is 1.14 bits per heavy atom. The molecule has 0 aliphatic heterocycles. The third kappa shape index (κ3) is 2.43. The molecule has 104 valence electrons. The first-order valence-corrected chi connectivity index (χ1v) is 6.55. The summed E-state index contributed by atoms with van der Waals surface area (Å²) >= 11 is 0. The first-order chi connectivity index (χ1) is 10.0. The van der Waals surface area contributed by atoms with E-state index in [0.717, 1.165) is 11.1 Å². The molecule has 1 heterocycles. The number of anilines is 1. The standard InChI is InChI=1S/C17H14N2O2/c1-10-5-6-15-13(7-10)14(17(20)21)9-16(19-15)11-3-2-4-12(18)8-11/h2-9H,18H2,1H3,(H,20,21). The molecule has 3 rings (SSSR count). The number of benzene rings is 2. The minimum absolute atomic E-state index is 0.251. The monoisotopic (exact) mass is 278 g/mol. The number of carbonyl (C=O) groups is 1. The van der Waals surface area contributed by atoms with Crippen molar-refractivity contribution in [1.29, 1.82) is 0 Å². The minimum atomic E-state index is -0.960. The lowest BCUT2D eigenvalue weighted by molar-refractivity contribution is 0.0699. The van der Waals surface area contributed by atoms with Gasteiger partial charge in [-0.2, -0.15) is 0 Å². The van der Waals surface area contributed by atoms with Crippen LogP contribution in [0.15, 0.2) is 48.5 Å². The molecular weight excluding hydrogens is 264 g/mol. The molecule has 0 saturated heterocycles. The molecule has 21 heavy (non-hydrogen) atoms. The first kappa shape index (κ1) is 13.1. The Kier molecular flexibility index (Phi) is 3.06. The summed E-state index contributed by atoms with van der Waals surface area (Å²) in [6.07, 6.45) is 0. The molecular formula is C17H14N2O2. The van der Waals surface area contributed by atoms with Gasteiger partial charge < -0.3 is 10.8 Å². The largest absolute Gasteiger partial charge is 0.478 e. The third-order valence-electron chi connectivity index (χ3n) is 3.38. The Bertz CT molecular complexity index is 857. The molecule has 4 heteroatoms. The molecule has 2 aromatic carbocycles. The zero-order chi connectivity index (χ0) is 15.0.